The second-order valence-corrected chi connectivity index (χ2v) is 5.37. The molecule has 1 aliphatic rings. The molecule has 90 valence electrons. The van der Waals surface area contributed by atoms with E-state index in [0.717, 1.165) is 22.1 Å². The average molecular weight is 302 g/mol. The Morgan fingerprint density at radius 2 is 1.89 bits per heavy atom. The van der Waals surface area contributed by atoms with Crippen LogP contribution < -0.4 is 5.32 Å². The molecule has 0 bridgehead atoms. The predicted octanol–water partition coefficient (Wildman–Crippen LogP) is 3.73. The third kappa shape index (κ3) is 2.06. The van der Waals surface area contributed by atoms with Crippen molar-refractivity contribution in [1.82, 2.24) is 0 Å². The minimum Gasteiger partial charge on any atom is -0.325 e. The molecule has 0 aliphatic carbocycles. The van der Waals surface area contributed by atoms with Crippen molar-refractivity contribution in [3.8, 4) is 0 Å². The Morgan fingerprint density at radius 1 is 1.11 bits per heavy atom. The summed E-state index contributed by atoms with van der Waals surface area (Å²) in [5.74, 6) is -0.0102. The van der Waals surface area contributed by atoms with Gasteiger partial charge in [0.05, 0.1) is 5.92 Å². The third-order valence-electron chi connectivity index (χ3n) is 3.27. The summed E-state index contributed by atoms with van der Waals surface area (Å²) in [6, 6.07) is 15.9. The van der Waals surface area contributed by atoms with Gasteiger partial charge in [0, 0.05) is 10.2 Å². The number of benzene rings is 2. The van der Waals surface area contributed by atoms with E-state index in [0.29, 0.717) is 0 Å². The van der Waals surface area contributed by atoms with E-state index in [1.807, 2.05) is 42.5 Å². The molecule has 1 heterocycles. The van der Waals surface area contributed by atoms with Crippen molar-refractivity contribution in [1.29, 1.82) is 0 Å². The van der Waals surface area contributed by atoms with Crippen molar-refractivity contribution in [3.05, 3.63) is 64.1 Å². The molecule has 0 saturated heterocycles. The number of amides is 1. The lowest BCUT2D eigenvalue weighted by Gasteiger charge is -2.25. The number of anilines is 1. The van der Waals surface area contributed by atoms with Crippen molar-refractivity contribution < 1.29 is 4.79 Å². The van der Waals surface area contributed by atoms with Crippen molar-refractivity contribution >= 4 is 27.5 Å². The van der Waals surface area contributed by atoms with E-state index in [4.69, 9.17) is 0 Å². The number of rotatable bonds is 1. The monoisotopic (exact) mass is 301 g/mol. The van der Waals surface area contributed by atoms with Gasteiger partial charge in [0.15, 0.2) is 0 Å². The first kappa shape index (κ1) is 11.5. The van der Waals surface area contributed by atoms with Crippen molar-refractivity contribution in [2.24, 2.45) is 0 Å². The zero-order chi connectivity index (χ0) is 12.5. The highest BCUT2D eigenvalue weighted by atomic mass is 79.9. The molecular weight excluding hydrogens is 290 g/mol. The molecule has 18 heavy (non-hydrogen) atoms. The molecule has 3 heteroatoms. The van der Waals surface area contributed by atoms with E-state index in [9.17, 15) is 4.79 Å². The van der Waals surface area contributed by atoms with Gasteiger partial charge in [0.1, 0.15) is 0 Å². The molecule has 1 amide bonds. The zero-order valence-electron chi connectivity index (χ0n) is 9.69. The van der Waals surface area contributed by atoms with Gasteiger partial charge < -0.3 is 5.32 Å². The molecule has 1 aliphatic heterocycles. The van der Waals surface area contributed by atoms with Crippen LogP contribution in [0.4, 0.5) is 5.69 Å². The first-order valence-corrected chi connectivity index (χ1v) is 6.67. The minimum absolute atomic E-state index is 0.0797. The van der Waals surface area contributed by atoms with Crippen molar-refractivity contribution in [3.63, 3.8) is 0 Å². The third-order valence-corrected chi connectivity index (χ3v) is 3.76. The number of hydrogen-bond acceptors (Lipinski definition) is 1. The Kier molecular flexibility index (Phi) is 2.92. The summed E-state index contributed by atoms with van der Waals surface area (Å²) in [7, 11) is 0. The van der Waals surface area contributed by atoms with Crippen LogP contribution in [0, 0.1) is 0 Å². The average Bonchev–Trinajstić information content (AvgIpc) is 2.39. The van der Waals surface area contributed by atoms with Crippen LogP contribution >= 0.6 is 15.9 Å². The van der Waals surface area contributed by atoms with Crippen LogP contribution in [-0.2, 0) is 11.2 Å². The number of carbonyl (C=O) groups excluding carboxylic acids is 1. The standard InChI is InChI=1S/C15H12BrNO/c16-12-6-7-14-11(8-12)9-13(15(18)17-14)10-4-2-1-3-5-10/h1-8,13H,9H2,(H,17,18). The maximum atomic E-state index is 12.1. The molecule has 2 aromatic rings. The van der Waals surface area contributed by atoms with Gasteiger partial charge >= 0.3 is 0 Å². The summed E-state index contributed by atoms with van der Waals surface area (Å²) in [6.45, 7) is 0. The second kappa shape index (κ2) is 4.58. The van der Waals surface area contributed by atoms with Crippen LogP contribution in [0.15, 0.2) is 53.0 Å². The second-order valence-electron chi connectivity index (χ2n) is 4.46. The largest absolute Gasteiger partial charge is 0.325 e. The number of carbonyl (C=O) groups is 1. The molecule has 1 atom stereocenters. The van der Waals surface area contributed by atoms with Crippen molar-refractivity contribution in [2.45, 2.75) is 12.3 Å². The summed E-state index contributed by atoms with van der Waals surface area (Å²) in [5.41, 5.74) is 3.17. The topological polar surface area (TPSA) is 29.1 Å². The molecule has 0 fully saturated rings. The number of hydrogen-bond donors (Lipinski definition) is 1. The fourth-order valence-electron chi connectivity index (χ4n) is 2.34. The van der Waals surface area contributed by atoms with Crippen LogP contribution in [0.5, 0.6) is 0 Å². The normalized spacial score (nSPS) is 18.1. The fraction of sp³-hybridized carbons (Fsp3) is 0.133. The van der Waals surface area contributed by atoms with E-state index in [1.165, 1.54) is 5.56 Å². The molecule has 2 nitrogen and oxygen atoms in total. The number of fused-ring (bicyclic) bond motifs is 1. The molecule has 1 unspecified atom stereocenters. The van der Waals surface area contributed by atoms with Gasteiger partial charge in [0.2, 0.25) is 5.91 Å². The van der Waals surface area contributed by atoms with Gasteiger partial charge in [-0.15, -0.1) is 0 Å². The molecule has 2 aromatic carbocycles. The van der Waals surface area contributed by atoms with E-state index in [-0.39, 0.29) is 11.8 Å². The van der Waals surface area contributed by atoms with Crippen LogP contribution in [0.1, 0.15) is 17.0 Å². The van der Waals surface area contributed by atoms with E-state index in [1.54, 1.807) is 0 Å². The highest BCUT2D eigenvalue weighted by Gasteiger charge is 2.27. The first-order valence-electron chi connectivity index (χ1n) is 5.88. The van der Waals surface area contributed by atoms with Gasteiger partial charge in [-0.2, -0.15) is 0 Å². The van der Waals surface area contributed by atoms with Gasteiger partial charge in [-0.1, -0.05) is 46.3 Å². The van der Waals surface area contributed by atoms with E-state index in [2.05, 4.69) is 27.3 Å². The Balaban J connectivity index is 1.99. The zero-order valence-corrected chi connectivity index (χ0v) is 11.3. The van der Waals surface area contributed by atoms with Crippen LogP contribution in [0.25, 0.3) is 0 Å². The lowest BCUT2D eigenvalue weighted by Crippen LogP contribution is -2.28. The maximum absolute atomic E-state index is 12.1. The number of halogens is 1. The number of nitrogens with one attached hydrogen (secondary N) is 1. The van der Waals surface area contributed by atoms with Gasteiger partial charge in [0.25, 0.3) is 0 Å². The summed E-state index contributed by atoms with van der Waals surface area (Å²) in [4.78, 5) is 12.1. The highest BCUT2D eigenvalue weighted by Crippen LogP contribution is 2.32. The molecule has 1 N–H and O–H groups in total. The van der Waals surface area contributed by atoms with Crippen LogP contribution in [0.3, 0.4) is 0 Å². The SMILES string of the molecule is O=C1Nc2ccc(Br)cc2CC1c1ccccc1. The molecule has 0 saturated carbocycles. The molecule has 0 radical (unpaired) electrons. The molecule has 0 spiro atoms. The van der Waals surface area contributed by atoms with E-state index < -0.39 is 0 Å². The molecule has 3 rings (SSSR count). The summed E-state index contributed by atoms with van der Waals surface area (Å²) in [6.07, 6.45) is 0.755. The maximum Gasteiger partial charge on any atom is 0.232 e. The Morgan fingerprint density at radius 3 is 2.67 bits per heavy atom. The fourth-order valence-corrected chi connectivity index (χ4v) is 2.75. The Hall–Kier alpha value is -1.61. The lowest BCUT2D eigenvalue weighted by molar-refractivity contribution is -0.117. The highest BCUT2D eigenvalue weighted by molar-refractivity contribution is 9.10. The van der Waals surface area contributed by atoms with Crippen LogP contribution in [0.2, 0.25) is 0 Å². The summed E-state index contributed by atoms with van der Waals surface area (Å²) in [5, 5.41) is 2.98. The lowest BCUT2D eigenvalue weighted by atomic mass is 9.87. The molecule has 0 aromatic heterocycles. The first-order chi connectivity index (χ1) is 8.74. The van der Waals surface area contributed by atoms with Gasteiger partial charge in [-0.25, -0.2) is 0 Å². The van der Waals surface area contributed by atoms with Crippen molar-refractivity contribution in [2.75, 3.05) is 5.32 Å². The Labute approximate surface area is 114 Å². The predicted molar refractivity (Wildman–Crippen MR) is 75.7 cm³/mol. The van der Waals surface area contributed by atoms with Gasteiger partial charge in [-0.05, 0) is 35.7 Å². The minimum atomic E-state index is -0.0898. The van der Waals surface area contributed by atoms with Gasteiger partial charge in [-0.3, -0.25) is 4.79 Å². The quantitative estimate of drug-likeness (QED) is 0.854. The Bertz CT molecular complexity index is 595. The summed E-state index contributed by atoms with van der Waals surface area (Å²) >= 11 is 3.47. The van der Waals surface area contributed by atoms with Crippen LogP contribution in [-0.4, -0.2) is 5.91 Å². The smallest absolute Gasteiger partial charge is 0.232 e. The van der Waals surface area contributed by atoms with E-state index >= 15 is 0 Å². The summed E-state index contributed by atoms with van der Waals surface area (Å²) < 4.78 is 1.05. The molecular formula is C15H12BrNO.